The minimum atomic E-state index is -1.03. The first-order valence-corrected chi connectivity index (χ1v) is 14.1. The van der Waals surface area contributed by atoms with Gasteiger partial charge in [0.25, 0.3) is 5.91 Å². The number of carboxylic acid groups (broad SMARTS) is 1. The molecule has 9 heteroatoms. The van der Waals surface area contributed by atoms with Crippen molar-refractivity contribution in [2.75, 3.05) is 12.0 Å². The maximum atomic E-state index is 13.2. The van der Waals surface area contributed by atoms with Crippen molar-refractivity contribution in [3.05, 3.63) is 75.2 Å². The van der Waals surface area contributed by atoms with Gasteiger partial charge in [-0.15, -0.1) is 11.3 Å². The van der Waals surface area contributed by atoms with Crippen LogP contribution in [0.3, 0.4) is 0 Å². The molecule has 3 aromatic rings. The fourth-order valence-electron chi connectivity index (χ4n) is 3.70. The van der Waals surface area contributed by atoms with E-state index < -0.39 is 17.9 Å². The number of carbonyl (C=O) groups is 2. The summed E-state index contributed by atoms with van der Waals surface area (Å²) in [5.41, 5.74) is 4.10. The van der Waals surface area contributed by atoms with Gasteiger partial charge in [-0.25, -0.2) is 9.78 Å². The van der Waals surface area contributed by atoms with Gasteiger partial charge >= 0.3 is 24.8 Å². The van der Waals surface area contributed by atoms with Crippen LogP contribution in [0, 0.1) is 6.92 Å². The van der Waals surface area contributed by atoms with Crippen LogP contribution in [0.5, 0.6) is 0 Å². The summed E-state index contributed by atoms with van der Waals surface area (Å²) in [6.45, 7) is 9.27. The molecule has 0 radical (unpaired) electrons. The molecule has 1 atom stereocenters. The third-order valence-electron chi connectivity index (χ3n) is 5.69. The summed E-state index contributed by atoms with van der Waals surface area (Å²) in [7, 11) is 0. The Bertz CT molecular complexity index is 1210. The van der Waals surface area contributed by atoms with Gasteiger partial charge in [0.15, 0.2) is 0 Å². The van der Waals surface area contributed by atoms with Crippen LogP contribution in [0.15, 0.2) is 48.7 Å². The molecule has 0 bridgehead atoms. The summed E-state index contributed by atoms with van der Waals surface area (Å²) in [6.07, 6.45) is 4.14. The number of thiazole rings is 1. The quantitative estimate of drug-likeness (QED) is 0.320. The number of hydrogen-bond donors (Lipinski definition) is 2. The fraction of sp³-hybridized carbons (Fsp3) is 0.393. The molecule has 0 aliphatic heterocycles. The number of amides is 1. The topological polar surface area (TPSA) is 88.5 Å². The fourth-order valence-corrected chi connectivity index (χ4v) is 5.08. The van der Waals surface area contributed by atoms with E-state index in [-0.39, 0.29) is 24.3 Å². The van der Waals surface area contributed by atoms with Crippen molar-refractivity contribution in [3.63, 3.8) is 0 Å². The number of hydrogen-bond acceptors (Lipinski definition) is 6. The predicted molar refractivity (Wildman–Crippen MR) is 155 cm³/mol. The van der Waals surface area contributed by atoms with E-state index in [0.717, 1.165) is 32.1 Å². The van der Waals surface area contributed by atoms with E-state index in [9.17, 15) is 14.7 Å². The van der Waals surface area contributed by atoms with Gasteiger partial charge in [0.05, 0.1) is 23.1 Å². The van der Waals surface area contributed by atoms with Crippen LogP contribution >= 0.6 is 23.1 Å². The number of benzene rings is 2. The molecule has 0 aliphatic carbocycles. The van der Waals surface area contributed by atoms with Crippen molar-refractivity contribution in [1.29, 1.82) is 0 Å². The minimum absolute atomic E-state index is 0. The Labute approximate surface area is 239 Å². The molecule has 0 saturated heterocycles. The number of rotatable bonds is 11. The molecule has 6 nitrogen and oxygen atoms in total. The summed E-state index contributed by atoms with van der Waals surface area (Å²) in [4.78, 5) is 30.5. The van der Waals surface area contributed by atoms with E-state index in [1.165, 1.54) is 0 Å². The van der Waals surface area contributed by atoms with E-state index >= 15 is 0 Å². The zero-order valence-electron chi connectivity index (χ0n) is 21.5. The van der Waals surface area contributed by atoms with Crippen molar-refractivity contribution in [3.8, 4) is 11.1 Å². The maximum absolute atomic E-state index is 13.2. The second-order valence-electron chi connectivity index (χ2n) is 9.72. The zero-order chi connectivity index (χ0) is 26.3. The Kier molecular flexibility index (Phi) is 11.9. The molecule has 0 saturated carbocycles. The molecule has 1 aromatic heterocycles. The molecule has 194 valence electrons. The third kappa shape index (κ3) is 8.73. The average Bonchev–Trinajstić information content (AvgIpc) is 3.31. The summed E-state index contributed by atoms with van der Waals surface area (Å²) < 4.78 is 5.98. The molecule has 1 heterocycles. The molecule has 0 unspecified atom stereocenters. The molecule has 2 aromatic carbocycles. The molecule has 1 amide bonds. The van der Waals surface area contributed by atoms with Gasteiger partial charge in [0, 0.05) is 17.2 Å². The number of aryl methyl sites for hydroxylation is 1. The summed E-state index contributed by atoms with van der Waals surface area (Å²) >= 11 is 3.21. The van der Waals surface area contributed by atoms with Gasteiger partial charge in [-0.2, -0.15) is 11.8 Å². The predicted octanol–water partition coefficient (Wildman–Crippen LogP) is 5.42. The van der Waals surface area contributed by atoms with Gasteiger partial charge in [0.2, 0.25) is 0 Å². The Balaban J connectivity index is 0.00000481. The molecular formula is C28H35LiN2O4S2. The van der Waals surface area contributed by atoms with E-state index in [2.05, 4.69) is 31.1 Å². The number of thioether (sulfide) groups is 1. The Morgan fingerprint density at radius 1 is 1.14 bits per heavy atom. The molecular weight excluding hydrogens is 499 g/mol. The van der Waals surface area contributed by atoms with Crippen LogP contribution in [0.25, 0.3) is 11.1 Å². The van der Waals surface area contributed by atoms with Gasteiger partial charge in [-0.3, -0.25) is 4.79 Å². The van der Waals surface area contributed by atoms with Crippen LogP contribution in [0.1, 0.15) is 58.6 Å². The second kappa shape index (κ2) is 14.2. The number of carbonyl (C=O) groups excluding carboxylic acids is 1. The molecule has 2 N–H and O–H groups in total. The monoisotopic (exact) mass is 534 g/mol. The summed E-state index contributed by atoms with van der Waals surface area (Å²) in [5, 5.41) is 13.3. The Morgan fingerprint density at radius 3 is 2.49 bits per heavy atom. The van der Waals surface area contributed by atoms with E-state index in [1.807, 2.05) is 55.8 Å². The average molecular weight is 535 g/mol. The van der Waals surface area contributed by atoms with E-state index in [1.54, 1.807) is 29.2 Å². The van der Waals surface area contributed by atoms with Crippen LogP contribution in [-0.2, 0) is 28.2 Å². The molecule has 0 spiro atoms. The first-order chi connectivity index (χ1) is 17.1. The first kappa shape index (κ1) is 31.1. The van der Waals surface area contributed by atoms with Crippen LogP contribution in [-0.4, -0.2) is 58.9 Å². The molecule has 0 fully saturated rings. The molecule has 37 heavy (non-hydrogen) atoms. The van der Waals surface area contributed by atoms with Gasteiger partial charge < -0.3 is 15.2 Å². The van der Waals surface area contributed by atoms with Crippen molar-refractivity contribution in [2.24, 2.45) is 0 Å². The number of carboxylic acids is 1. The van der Waals surface area contributed by atoms with Crippen molar-refractivity contribution >= 4 is 53.8 Å². The summed E-state index contributed by atoms with van der Waals surface area (Å²) in [6, 6.07) is 12.5. The first-order valence-electron chi connectivity index (χ1n) is 11.8. The Hall–Kier alpha value is -2.08. The van der Waals surface area contributed by atoms with E-state index in [4.69, 9.17) is 4.74 Å². The van der Waals surface area contributed by atoms with Crippen LogP contribution in [0.2, 0.25) is 0 Å². The molecule has 3 rings (SSSR count). The number of aliphatic carboxylic acids is 1. The number of nitrogens with one attached hydrogen (secondary N) is 1. The normalized spacial score (nSPS) is 12.0. The van der Waals surface area contributed by atoms with Crippen molar-refractivity contribution < 1.29 is 19.4 Å². The van der Waals surface area contributed by atoms with Crippen LogP contribution < -0.4 is 5.32 Å². The van der Waals surface area contributed by atoms with Gasteiger partial charge in [-0.05, 0) is 59.7 Å². The number of ether oxygens (including phenoxy) is 1. The second-order valence-corrected chi connectivity index (χ2v) is 11.8. The van der Waals surface area contributed by atoms with E-state index in [0.29, 0.717) is 31.0 Å². The van der Waals surface area contributed by atoms with Gasteiger partial charge in [0.1, 0.15) is 6.04 Å². The summed E-state index contributed by atoms with van der Waals surface area (Å²) in [5.74, 6) is -0.777. The number of nitrogens with zero attached hydrogens (tertiary/aromatic N) is 1. The van der Waals surface area contributed by atoms with Crippen LogP contribution in [0.4, 0.5) is 0 Å². The number of aromatic nitrogens is 1. The third-order valence-corrected chi connectivity index (χ3v) is 7.73. The van der Waals surface area contributed by atoms with Crippen molar-refractivity contribution in [1.82, 2.24) is 10.3 Å². The Morgan fingerprint density at radius 2 is 1.86 bits per heavy atom. The molecule has 0 aliphatic rings. The standard InChI is InChI=1S/C28H34N2O4S2.Li.H/c1-18-8-6-7-9-21(18)23-14-19(16-34-17-20-15-29-27(36-20)28(2,3)4)10-11-22(23)25(31)30-24(26(32)33)12-13-35-5;;/h6-11,14-15,24H,12-13,16-17H2,1-5H3,(H,30,31)(H,32,33);;/t24-;;/m0../s1. The van der Waals surface area contributed by atoms with Gasteiger partial charge in [-0.1, -0.05) is 51.1 Å². The zero-order valence-corrected chi connectivity index (χ0v) is 23.1. The SMILES string of the molecule is CSCC[C@H](NC(=O)c1ccc(COCc2cnc(C(C)(C)C)s2)cc1-c1ccccc1C)C(=O)O.[LiH]. The van der Waals surface area contributed by atoms with Crippen molar-refractivity contribution in [2.45, 2.75) is 58.8 Å².